The van der Waals surface area contributed by atoms with Gasteiger partial charge in [-0.15, -0.1) is 0 Å². The van der Waals surface area contributed by atoms with Crippen LogP contribution in [0.3, 0.4) is 0 Å². The van der Waals surface area contributed by atoms with Gasteiger partial charge in [-0.3, -0.25) is 19.1 Å². The molecule has 0 radical (unpaired) electrons. The quantitative estimate of drug-likeness (QED) is 0.300. The third-order valence-corrected chi connectivity index (χ3v) is 9.78. The Hall–Kier alpha value is -3.32. The maximum absolute atomic E-state index is 13.9. The molecule has 12 nitrogen and oxygen atoms in total. The second-order valence-corrected chi connectivity index (χ2v) is 12.5. The molecule has 4 unspecified atom stereocenters. The Morgan fingerprint density at radius 2 is 1.92 bits per heavy atom. The lowest BCUT2D eigenvalue weighted by Crippen LogP contribution is -2.68. The largest absolute Gasteiger partial charge is 0.436 e. The number of nitrogens with zero attached hydrogens (tertiary/aromatic N) is 1. The smallest absolute Gasteiger partial charge is 0.405 e. The Kier molecular flexibility index (Phi) is 8.12. The number of ether oxygens (including phenoxy) is 1. The van der Waals surface area contributed by atoms with Crippen LogP contribution in [0.5, 0.6) is 0 Å². The molecular weight excluding hydrogens is 550 g/mol. The number of hydrogen-bond donors (Lipinski definition) is 4. The summed E-state index contributed by atoms with van der Waals surface area (Å²) in [5, 5.41) is 2.89. The zero-order valence-electron chi connectivity index (χ0n) is 21.2. The van der Waals surface area contributed by atoms with Gasteiger partial charge in [0.05, 0.1) is 5.69 Å². The number of sulfonamides is 1. The van der Waals surface area contributed by atoms with Gasteiger partial charge in [0.15, 0.2) is 11.0 Å². The lowest BCUT2D eigenvalue weighted by molar-refractivity contribution is -0.157. The molecule has 2 fully saturated rings. The van der Waals surface area contributed by atoms with Crippen LogP contribution in [0.15, 0.2) is 36.4 Å². The molecule has 0 aromatic heterocycles. The number of benzene rings is 1. The van der Waals surface area contributed by atoms with E-state index in [1.165, 1.54) is 12.1 Å². The molecule has 4 amide bonds. The van der Waals surface area contributed by atoms with Crippen molar-refractivity contribution in [3.8, 4) is 0 Å². The van der Waals surface area contributed by atoms with E-state index in [0.29, 0.717) is 24.3 Å². The zero-order valence-corrected chi connectivity index (χ0v) is 22.8. The molecule has 1 saturated carbocycles. The van der Waals surface area contributed by atoms with E-state index < -0.39 is 56.3 Å². The molecule has 4 rings (SSSR count). The topological polar surface area (TPSA) is 191 Å². The lowest BCUT2D eigenvalue weighted by atomic mass is 9.92. The van der Waals surface area contributed by atoms with E-state index in [9.17, 15) is 27.6 Å². The maximum Gasteiger partial charge on any atom is 0.405 e. The average Bonchev–Trinajstić information content (AvgIpc) is 3.36. The van der Waals surface area contributed by atoms with Gasteiger partial charge in [0.25, 0.3) is 27.7 Å². The normalized spacial score (nSPS) is 29.7. The first-order valence-electron chi connectivity index (χ1n) is 12.8. The zero-order chi connectivity index (χ0) is 28.4. The summed E-state index contributed by atoms with van der Waals surface area (Å²) in [6.07, 6.45) is 4.00. The number of allylic oxidation sites excluding steroid dienone is 1. The summed E-state index contributed by atoms with van der Waals surface area (Å²) in [6.45, 7) is -0.0162. The molecule has 6 N–H and O–H groups in total. The van der Waals surface area contributed by atoms with Crippen LogP contribution in [0, 0.1) is 5.92 Å². The minimum Gasteiger partial charge on any atom is -0.436 e. The van der Waals surface area contributed by atoms with Crippen LogP contribution < -0.4 is 21.5 Å². The van der Waals surface area contributed by atoms with Crippen LogP contribution in [0.1, 0.15) is 51.4 Å². The van der Waals surface area contributed by atoms with Crippen molar-refractivity contribution >= 4 is 51.1 Å². The summed E-state index contributed by atoms with van der Waals surface area (Å²) < 4.78 is 35.0. The van der Waals surface area contributed by atoms with Gasteiger partial charge in [-0.1, -0.05) is 36.2 Å². The Morgan fingerprint density at radius 3 is 2.62 bits per heavy atom. The van der Waals surface area contributed by atoms with Crippen molar-refractivity contribution in [3.05, 3.63) is 41.4 Å². The molecule has 39 heavy (non-hydrogen) atoms. The molecule has 2 heterocycles. The molecule has 1 aromatic rings. The number of amides is 4. The number of rotatable bonds is 5. The second kappa shape index (κ2) is 11.0. The van der Waals surface area contributed by atoms with Crippen LogP contribution in [0.4, 0.5) is 10.5 Å². The number of nitrogens with one attached hydrogen (secondary N) is 2. The van der Waals surface area contributed by atoms with Crippen LogP contribution >= 0.6 is 11.6 Å². The lowest BCUT2D eigenvalue weighted by Gasteiger charge is -2.37. The number of anilines is 1. The van der Waals surface area contributed by atoms with E-state index >= 15 is 0 Å². The fourth-order valence-electron chi connectivity index (χ4n) is 5.40. The number of nitrogens with two attached hydrogens (primary N) is 2. The van der Waals surface area contributed by atoms with Gasteiger partial charge >= 0.3 is 6.09 Å². The van der Waals surface area contributed by atoms with Gasteiger partial charge in [0.2, 0.25) is 5.54 Å². The first-order chi connectivity index (χ1) is 18.4. The van der Waals surface area contributed by atoms with Crippen LogP contribution in [0.2, 0.25) is 5.02 Å². The highest BCUT2D eigenvalue weighted by atomic mass is 35.5. The maximum atomic E-state index is 13.9. The van der Waals surface area contributed by atoms with Gasteiger partial charge in [0.1, 0.15) is 0 Å². The van der Waals surface area contributed by atoms with E-state index in [1.807, 2.05) is 6.08 Å². The fourth-order valence-corrected chi connectivity index (χ4v) is 7.32. The molecule has 3 aliphatic rings. The minimum atomic E-state index is -4.28. The van der Waals surface area contributed by atoms with Gasteiger partial charge in [0, 0.05) is 17.5 Å². The standard InChI is InChI=1S/C25H32ClN5O7S/c26-17-9-6-10-18(14-17)30-39(36,37)25-15-16(25)8-4-2-1-3-5-11-19(38-23(28)35)20(32)31-13-7-12-24(31,21(27)33)22(34)29-25/h4,6,8-10,14,16,19,30H,1-3,5,7,11-13,15H2,(H2,27,33)(H2,28,35)(H,29,34). The third-order valence-electron chi connectivity index (χ3n) is 7.51. The number of carbonyl (C=O) groups is 4. The van der Waals surface area contributed by atoms with Crippen LogP contribution in [-0.2, 0) is 29.1 Å². The summed E-state index contributed by atoms with van der Waals surface area (Å²) in [5.74, 6) is -3.50. The SMILES string of the molecule is NC(=O)OC1CCCCCC=CC2CC2(S(=O)(=O)Nc2cccc(Cl)c2)NC(=O)C2(C(N)=O)CCCN2C1=O. The Morgan fingerprint density at radius 1 is 1.15 bits per heavy atom. The first-order valence-corrected chi connectivity index (χ1v) is 14.6. The third kappa shape index (κ3) is 5.55. The summed E-state index contributed by atoms with van der Waals surface area (Å²) in [6, 6.07) is 6.11. The van der Waals surface area contributed by atoms with E-state index in [0.717, 1.165) is 11.3 Å². The monoisotopic (exact) mass is 581 g/mol. The fraction of sp³-hybridized carbons (Fsp3) is 0.520. The van der Waals surface area contributed by atoms with Crippen molar-refractivity contribution in [2.75, 3.05) is 11.3 Å². The van der Waals surface area contributed by atoms with Crippen LogP contribution in [0.25, 0.3) is 0 Å². The van der Waals surface area contributed by atoms with E-state index in [2.05, 4.69) is 10.0 Å². The molecule has 14 heteroatoms. The number of primary amides is 2. The van der Waals surface area contributed by atoms with Crippen molar-refractivity contribution in [2.45, 2.75) is 67.9 Å². The molecule has 1 aliphatic carbocycles. The van der Waals surface area contributed by atoms with Gasteiger partial charge in [-0.25, -0.2) is 13.2 Å². The average molecular weight is 582 g/mol. The summed E-state index contributed by atoms with van der Waals surface area (Å²) in [5.41, 5.74) is 8.95. The second-order valence-electron chi connectivity index (χ2n) is 10.1. The Balaban J connectivity index is 1.74. The molecular formula is C25H32ClN5O7S. The summed E-state index contributed by atoms with van der Waals surface area (Å²) in [7, 11) is -4.28. The highest BCUT2D eigenvalue weighted by Gasteiger charge is 2.67. The highest BCUT2D eigenvalue weighted by Crippen LogP contribution is 2.50. The van der Waals surface area contributed by atoms with Crippen molar-refractivity contribution in [3.63, 3.8) is 0 Å². The molecule has 0 spiro atoms. The summed E-state index contributed by atoms with van der Waals surface area (Å²) in [4.78, 5) is 51.1. The summed E-state index contributed by atoms with van der Waals surface area (Å²) >= 11 is 6.02. The van der Waals surface area contributed by atoms with Gasteiger partial charge in [-0.05, 0) is 63.1 Å². The Bertz CT molecular complexity index is 1310. The molecule has 0 bridgehead atoms. The van der Waals surface area contributed by atoms with E-state index in [1.54, 1.807) is 18.2 Å². The van der Waals surface area contributed by atoms with Crippen LogP contribution in [-0.4, -0.2) is 60.2 Å². The highest BCUT2D eigenvalue weighted by molar-refractivity contribution is 7.94. The number of halogens is 1. The first kappa shape index (κ1) is 28.7. The van der Waals surface area contributed by atoms with E-state index in [-0.39, 0.29) is 37.9 Å². The predicted octanol–water partition coefficient (Wildman–Crippen LogP) is 1.74. The van der Waals surface area contributed by atoms with Gasteiger partial charge < -0.3 is 26.4 Å². The Labute approximate surface area is 231 Å². The molecule has 4 atom stereocenters. The van der Waals surface area contributed by atoms with Crippen molar-refractivity contribution in [1.82, 2.24) is 10.2 Å². The number of carbonyl (C=O) groups excluding carboxylic acids is 4. The van der Waals surface area contributed by atoms with Crippen molar-refractivity contribution < 1.29 is 32.3 Å². The number of fused-ring (bicyclic) bond motifs is 2. The number of hydrogen-bond acceptors (Lipinski definition) is 7. The molecule has 212 valence electrons. The predicted molar refractivity (Wildman–Crippen MR) is 143 cm³/mol. The minimum absolute atomic E-state index is 0.0162. The molecule has 1 saturated heterocycles. The van der Waals surface area contributed by atoms with Crippen molar-refractivity contribution in [2.24, 2.45) is 17.4 Å². The molecule has 1 aromatic carbocycles. The van der Waals surface area contributed by atoms with Gasteiger partial charge in [-0.2, -0.15) is 0 Å². The van der Waals surface area contributed by atoms with Crippen molar-refractivity contribution in [1.29, 1.82) is 0 Å². The molecule has 2 aliphatic heterocycles. The van der Waals surface area contributed by atoms with E-state index in [4.69, 9.17) is 27.8 Å².